The van der Waals surface area contributed by atoms with E-state index in [2.05, 4.69) is 35.4 Å². The first kappa shape index (κ1) is 20.6. The van der Waals surface area contributed by atoms with Crippen LogP contribution in [0.15, 0.2) is 24.3 Å². The maximum absolute atomic E-state index is 12.8. The standard InChI is InChI=1S/C22H33N3O3/c1-16(2)15-23-21(26)17-7-9-18(10-8-17)22(27)24-19-5-3-4-6-20(19)25-11-13-28-14-12-25/h3-6,16-18H,7-15H2,1-2H3,(H,23,26)(H,24,27). The highest BCUT2D eigenvalue weighted by Crippen LogP contribution is 2.32. The molecule has 2 N–H and O–H groups in total. The molecular formula is C22H33N3O3. The van der Waals surface area contributed by atoms with E-state index in [0.717, 1.165) is 56.7 Å². The monoisotopic (exact) mass is 387 g/mol. The van der Waals surface area contributed by atoms with Crippen LogP contribution in [0.3, 0.4) is 0 Å². The van der Waals surface area contributed by atoms with Crippen molar-refractivity contribution in [3.8, 4) is 0 Å². The number of ether oxygens (including phenoxy) is 1. The number of hydrogen-bond donors (Lipinski definition) is 2. The van der Waals surface area contributed by atoms with E-state index in [1.54, 1.807) is 0 Å². The van der Waals surface area contributed by atoms with Gasteiger partial charge < -0.3 is 20.3 Å². The molecule has 0 bridgehead atoms. The lowest BCUT2D eigenvalue weighted by atomic mass is 9.81. The second-order valence-electron chi connectivity index (χ2n) is 8.29. The van der Waals surface area contributed by atoms with Gasteiger partial charge in [-0.05, 0) is 43.7 Å². The van der Waals surface area contributed by atoms with E-state index < -0.39 is 0 Å². The summed E-state index contributed by atoms with van der Waals surface area (Å²) in [5.41, 5.74) is 1.92. The molecule has 1 heterocycles. The summed E-state index contributed by atoms with van der Waals surface area (Å²) in [5.74, 6) is 0.694. The summed E-state index contributed by atoms with van der Waals surface area (Å²) in [7, 11) is 0. The van der Waals surface area contributed by atoms with Crippen LogP contribution in [0, 0.1) is 17.8 Å². The van der Waals surface area contributed by atoms with Crippen molar-refractivity contribution >= 4 is 23.2 Å². The first-order chi connectivity index (χ1) is 13.5. The number of nitrogens with zero attached hydrogens (tertiary/aromatic N) is 1. The zero-order chi connectivity index (χ0) is 19.9. The molecule has 3 rings (SSSR count). The highest BCUT2D eigenvalue weighted by molar-refractivity contribution is 5.96. The number of morpholine rings is 1. The Kier molecular flexibility index (Phi) is 7.31. The molecule has 1 aromatic carbocycles. The van der Waals surface area contributed by atoms with Crippen LogP contribution in [0.1, 0.15) is 39.5 Å². The van der Waals surface area contributed by atoms with E-state index in [1.165, 1.54) is 0 Å². The first-order valence-electron chi connectivity index (χ1n) is 10.5. The van der Waals surface area contributed by atoms with Crippen molar-refractivity contribution in [2.24, 2.45) is 17.8 Å². The molecule has 1 aliphatic heterocycles. The van der Waals surface area contributed by atoms with Gasteiger partial charge in [0.1, 0.15) is 0 Å². The van der Waals surface area contributed by atoms with Gasteiger partial charge in [-0.3, -0.25) is 9.59 Å². The van der Waals surface area contributed by atoms with Crippen LogP contribution in [0.5, 0.6) is 0 Å². The summed E-state index contributed by atoms with van der Waals surface area (Å²) in [6.07, 6.45) is 3.11. The molecule has 1 aliphatic carbocycles. The Morgan fingerprint density at radius 2 is 1.64 bits per heavy atom. The number of carbonyl (C=O) groups excluding carboxylic acids is 2. The molecule has 6 nitrogen and oxygen atoms in total. The predicted octanol–water partition coefficient (Wildman–Crippen LogP) is 3.04. The topological polar surface area (TPSA) is 70.7 Å². The highest BCUT2D eigenvalue weighted by atomic mass is 16.5. The van der Waals surface area contributed by atoms with Crippen molar-refractivity contribution in [2.45, 2.75) is 39.5 Å². The maximum atomic E-state index is 12.8. The molecule has 0 aromatic heterocycles. The largest absolute Gasteiger partial charge is 0.378 e. The lowest BCUT2D eigenvalue weighted by Crippen LogP contribution is -2.38. The Bertz CT molecular complexity index is 663. The molecule has 0 unspecified atom stereocenters. The average molecular weight is 388 g/mol. The van der Waals surface area contributed by atoms with Crippen molar-refractivity contribution in [3.63, 3.8) is 0 Å². The molecule has 1 saturated carbocycles. The Morgan fingerprint density at radius 1 is 1.04 bits per heavy atom. The lowest BCUT2D eigenvalue weighted by Gasteiger charge is -2.31. The van der Waals surface area contributed by atoms with Crippen molar-refractivity contribution in [2.75, 3.05) is 43.1 Å². The number of nitrogens with one attached hydrogen (secondary N) is 2. The van der Waals surface area contributed by atoms with Gasteiger partial charge >= 0.3 is 0 Å². The Hall–Kier alpha value is -2.08. The van der Waals surface area contributed by atoms with Crippen LogP contribution < -0.4 is 15.5 Å². The van der Waals surface area contributed by atoms with Crippen molar-refractivity contribution < 1.29 is 14.3 Å². The molecular weight excluding hydrogens is 354 g/mol. The average Bonchev–Trinajstić information content (AvgIpc) is 2.73. The third kappa shape index (κ3) is 5.47. The molecule has 2 amide bonds. The van der Waals surface area contributed by atoms with E-state index in [0.29, 0.717) is 19.1 Å². The SMILES string of the molecule is CC(C)CNC(=O)C1CCC(C(=O)Nc2ccccc2N2CCOCC2)CC1. The number of hydrogen-bond acceptors (Lipinski definition) is 4. The Balaban J connectivity index is 1.53. The van der Waals surface area contributed by atoms with Crippen molar-refractivity contribution in [3.05, 3.63) is 24.3 Å². The minimum Gasteiger partial charge on any atom is -0.378 e. The van der Waals surface area contributed by atoms with Crippen molar-refractivity contribution in [1.82, 2.24) is 5.32 Å². The van der Waals surface area contributed by atoms with Gasteiger partial charge in [-0.1, -0.05) is 26.0 Å². The fourth-order valence-electron chi connectivity index (χ4n) is 3.96. The summed E-state index contributed by atoms with van der Waals surface area (Å²) in [6.45, 7) is 8.01. The zero-order valence-electron chi connectivity index (χ0n) is 17.1. The van der Waals surface area contributed by atoms with Gasteiger partial charge in [0.05, 0.1) is 24.6 Å². The van der Waals surface area contributed by atoms with Gasteiger partial charge in [0.2, 0.25) is 11.8 Å². The fourth-order valence-corrected chi connectivity index (χ4v) is 3.96. The Labute approximate surface area is 168 Å². The molecule has 0 spiro atoms. The molecule has 6 heteroatoms. The lowest BCUT2D eigenvalue weighted by molar-refractivity contribution is -0.128. The van der Waals surface area contributed by atoms with E-state index in [1.807, 2.05) is 18.2 Å². The molecule has 1 aromatic rings. The molecule has 0 atom stereocenters. The Morgan fingerprint density at radius 3 is 2.29 bits per heavy atom. The number of benzene rings is 1. The number of amides is 2. The summed E-state index contributed by atoms with van der Waals surface area (Å²) in [5, 5.41) is 6.16. The number of para-hydroxylation sites is 2. The maximum Gasteiger partial charge on any atom is 0.227 e. The smallest absolute Gasteiger partial charge is 0.227 e. The number of carbonyl (C=O) groups is 2. The molecule has 0 radical (unpaired) electrons. The normalized spacial score (nSPS) is 22.8. The van der Waals surface area contributed by atoms with Crippen molar-refractivity contribution in [1.29, 1.82) is 0 Å². The molecule has 2 aliphatic rings. The third-order valence-electron chi connectivity index (χ3n) is 5.67. The van der Waals surface area contributed by atoms with Crippen LogP contribution in [-0.4, -0.2) is 44.7 Å². The molecule has 28 heavy (non-hydrogen) atoms. The summed E-state index contributed by atoms with van der Waals surface area (Å²) in [4.78, 5) is 27.4. The third-order valence-corrected chi connectivity index (χ3v) is 5.67. The van der Waals surface area contributed by atoms with Gasteiger partial charge in [-0.2, -0.15) is 0 Å². The van der Waals surface area contributed by atoms with E-state index in [-0.39, 0.29) is 23.7 Å². The predicted molar refractivity (Wildman–Crippen MR) is 111 cm³/mol. The summed E-state index contributed by atoms with van der Waals surface area (Å²) < 4.78 is 5.44. The minimum absolute atomic E-state index is 0.0214. The highest BCUT2D eigenvalue weighted by Gasteiger charge is 2.30. The van der Waals surface area contributed by atoms with Gasteiger partial charge in [0, 0.05) is 31.5 Å². The second kappa shape index (κ2) is 9.92. The van der Waals surface area contributed by atoms with Crippen LogP contribution in [0.25, 0.3) is 0 Å². The summed E-state index contributed by atoms with van der Waals surface area (Å²) in [6, 6.07) is 7.97. The van der Waals surface area contributed by atoms with Gasteiger partial charge in [-0.25, -0.2) is 0 Å². The second-order valence-corrected chi connectivity index (χ2v) is 8.29. The molecule has 1 saturated heterocycles. The van der Waals surface area contributed by atoms with E-state index >= 15 is 0 Å². The van der Waals surface area contributed by atoms with Crippen LogP contribution in [0.2, 0.25) is 0 Å². The summed E-state index contributed by atoms with van der Waals surface area (Å²) >= 11 is 0. The van der Waals surface area contributed by atoms with Gasteiger partial charge in [0.15, 0.2) is 0 Å². The zero-order valence-corrected chi connectivity index (χ0v) is 17.1. The first-order valence-corrected chi connectivity index (χ1v) is 10.5. The molecule has 154 valence electrons. The van der Waals surface area contributed by atoms with Crippen LogP contribution in [-0.2, 0) is 14.3 Å². The van der Waals surface area contributed by atoms with Crippen LogP contribution >= 0.6 is 0 Å². The van der Waals surface area contributed by atoms with Gasteiger partial charge in [-0.15, -0.1) is 0 Å². The molecule has 2 fully saturated rings. The van der Waals surface area contributed by atoms with E-state index in [4.69, 9.17) is 4.74 Å². The quantitative estimate of drug-likeness (QED) is 0.787. The van der Waals surface area contributed by atoms with E-state index in [9.17, 15) is 9.59 Å². The van der Waals surface area contributed by atoms with Crippen LogP contribution in [0.4, 0.5) is 11.4 Å². The number of anilines is 2. The fraction of sp³-hybridized carbons (Fsp3) is 0.636. The number of rotatable bonds is 6. The van der Waals surface area contributed by atoms with Gasteiger partial charge in [0.25, 0.3) is 0 Å². The minimum atomic E-state index is -0.0214.